The second kappa shape index (κ2) is 12.5. The molecule has 0 saturated carbocycles. The Morgan fingerprint density at radius 3 is 2.05 bits per heavy atom. The lowest BCUT2D eigenvalue weighted by Crippen LogP contribution is -2.50. The minimum Gasteiger partial charge on any atom is -0.480 e. The third-order valence-corrected chi connectivity index (χ3v) is 3.02. The summed E-state index contributed by atoms with van der Waals surface area (Å²) >= 11 is 0. The van der Waals surface area contributed by atoms with E-state index < -0.39 is 5.97 Å². The highest BCUT2D eigenvalue weighted by Crippen LogP contribution is 1.92. The molecule has 0 aromatic rings. The minimum atomic E-state index is -0.830. The van der Waals surface area contributed by atoms with Gasteiger partial charge in [0, 0.05) is 19.6 Å². The summed E-state index contributed by atoms with van der Waals surface area (Å²) in [5.41, 5.74) is 8.08. The summed E-state index contributed by atoms with van der Waals surface area (Å²) in [5.74, 6) is -0.953. The van der Waals surface area contributed by atoms with Gasteiger partial charge in [0.25, 0.3) is 0 Å². The van der Waals surface area contributed by atoms with Crippen molar-refractivity contribution in [1.82, 2.24) is 26.2 Å². The molecule has 0 atom stereocenters. The van der Waals surface area contributed by atoms with Crippen molar-refractivity contribution in [1.29, 1.82) is 0 Å². The van der Waals surface area contributed by atoms with E-state index in [-0.39, 0.29) is 19.0 Å². The molecule has 0 saturated heterocycles. The standard InChI is InChI=1S/C13H29N5O3/c1-4-7-14-16-15-12(19)10-17(5-2)8-9-18(6-3)11-13(20)21/h14,16H,4-11H2,1-3H3,(H,15,19)(H,20,21). The van der Waals surface area contributed by atoms with Crippen molar-refractivity contribution in [3.05, 3.63) is 0 Å². The molecule has 0 heterocycles. The van der Waals surface area contributed by atoms with Gasteiger partial charge in [-0.05, 0) is 19.5 Å². The highest BCUT2D eigenvalue weighted by Gasteiger charge is 2.12. The fourth-order valence-corrected chi connectivity index (χ4v) is 1.72. The highest BCUT2D eigenvalue weighted by atomic mass is 16.4. The molecule has 4 N–H and O–H groups in total. The predicted octanol–water partition coefficient (Wildman–Crippen LogP) is -0.750. The third kappa shape index (κ3) is 11.1. The normalized spacial score (nSPS) is 11.1. The van der Waals surface area contributed by atoms with E-state index in [4.69, 9.17) is 5.11 Å². The van der Waals surface area contributed by atoms with E-state index >= 15 is 0 Å². The number of hydrogen-bond donors (Lipinski definition) is 4. The number of nitrogens with zero attached hydrogens (tertiary/aromatic N) is 2. The quantitative estimate of drug-likeness (QED) is 0.263. The maximum atomic E-state index is 11.7. The summed E-state index contributed by atoms with van der Waals surface area (Å²) in [5, 5.41) is 8.79. The van der Waals surface area contributed by atoms with Gasteiger partial charge in [-0.3, -0.25) is 24.8 Å². The summed E-state index contributed by atoms with van der Waals surface area (Å²) in [6.45, 7) is 9.73. The van der Waals surface area contributed by atoms with Gasteiger partial charge in [0.2, 0.25) is 5.91 Å². The maximum absolute atomic E-state index is 11.7. The molecule has 0 aromatic carbocycles. The van der Waals surface area contributed by atoms with Crippen molar-refractivity contribution in [2.24, 2.45) is 0 Å². The molecule has 0 aliphatic heterocycles. The number of carboxylic acids is 1. The smallest absolute Gasteiger partial charge is 0.317 e. The zero-order chi connectivity index (χ0) is 16.1. The molecule has 0 rings (SSSR count). The molecule has 8 heteroatoms. The number of nitrogens with one attached hydrogen (secondary N) is 3. The highest BCUT2D eigenvalue weighted by molar-refractivity contribution is 5.77. The van der Waals surface area contributed by atoms with Crippen LogP contribution in [0.25, 0.3) is 0 Å². The van der Waals surface area contributed by atoms with Crippen LogP contribution in [-0.2, 0) is 9.59 Å². The summed E-state index contributed by atoms with van der Waals surface area (Å²) in [6, 6.07) is 0. The van der Waals surface area contributed by atoms with Gasteiger partial charge in [-0.25, -0.2) is 5.43 Å². The molecule has 0 aromatic heterocycles. The number of carbonyl (C=O) groups is 2. The average Bonchev–Trinajstić information content (AvgIpc) is 2.46. The van der Waals surface area contributed by atoms with E-state index in [0.717, 1.165) is 19.5 Å². The van der Waals surface area contributed by atoms with Crippen LogP contribution in [0.3, 0.4) is 0 Å². The van der Waals surface area contributed by atoms with Crippen LogP contribution in [-0.4, -0.2) is 72.6 Å². The first-order valence-electron chi connectivity index (χ1n) is 7.46. The lowest BCUT2D eigenvalue weighted by atomic mass is 10.4. The number of amides is 1. The van der Waals surface area contributed by atoms with Gasteiger partial charge in [0.1, 0.15) is 0 Å². The van der Waals surface area contributed by atoms with Crippen LogP contribution in [0.2, 0.25) is 0 Å². The van der Waals surface area contributed by atoms with Crippen LogP contribution in [0.1, 0.15) is 27.2 Å². The van der Waals surface area contributed by atoms with Gasteiger partial charge in [0.05, 0.1) is 13.1 Å². The molecule has 0 fully saturated rings. The lowest BCUT2D eigenvalue weighted by molar-refractivity contribution is -0.138. The summed E-state index contributed by atoms with van der Waals surface area (Å²) < 4.78 is 0. The first-order valence-corrected chi connectivity index (χ1v) is 7.46. The molecule has 0 spiro atoms. The SMILES string of the molecule is CCCNNNC(=O)CN(CC)CCN(CC)CC(=O)O. The van der Waals surface area contributed by atoms with Crippen molar-refractivity contribution < 1.29 is 14.7 Å². The fraction of sp³-hybridized carbons (Fsp3) is 0.846. The van der Waals surface area contributed by atoms with Gasteiger partial charge in [-0.15, -0.1) is 0 Å². The van der Waals surface area contributed by atoms with Crippen LogP contribution in [0.4, 0.5) is 0 Å². The van der Waals surface area contributed by atoms with E-state index in [1.807, 2.05) is 30.6 Å². The Morgan fingerprint density at radius 1 is 1.00 bits per heavy atom. The molecule has 124 valence electrons. The van der Waals surface area contributed by atoms with Crippen LogP contribution >= 0.6 is 0 Å². The molecule has 0 aliphatic rings. The van der Waals surface area contributed by atoms with Gasteiger partial charge >= 0.3 is 5.97 Å². The van der Waals surface area contributed by atoms with Crippen molar-refractivity contribution >= 4 is 11.9 Å². The number of aliphatic carboxylic acids is 1. The number of carboxylic acid groups (broad SMARTS) is 1. The van der Waals surface area contributed by atoms with E-state index in [0.29, 0.717) is 19.6 Å². The Bertz CT molecular complexity index is 302. The number of rotatable bonds is 13. The first-order chi connectivity index (χ1) is 10.0. The molecule has 8 nitrogen and oxygen atoms in total. The molecule has 0 radical (unpaired) electrons. The van der Waals surface area contributed by atoms with E-state index in [2.05, 4.69) is 16.4 Å². The molecule has 0 aliphatic carbocycles. The zero-order valence-corrected chi connectivity index (χ0v) is 13.3. The maximum Gasteiger partial charge on any atom is 0.317 e. The van der Waals surface area contributed by atoms with Gasteiger partial charge < -0.3 is 5.11 Å². The minimum absolute atomic E-state index is 0.0305. The largest absolute Gasteiger partial charge is 0.480 e. The summed E-state index contributed by atoms with van der Waals surface area (Å²) in [4.78, 5) is 26.2. The van der Waals surface area contributed by atoms with Crippen molar-refractivity contribution in [2.75, 3.05) is 45.8 Å². The topological polar surface area (TPSA) is 96.9 Å². The molecule has 0 unspecified atom stereocenters. The fourth-order valence-electron chi connectivity index (χ4n) is 1.72. The monoisotopic (exact) mass is 303 g/mol. The lowest BCUT2D eigenvalue weighted by Gasteiger charge is -2.24. The van der Waals surface area contributed by atoms with E-state index in [1.165, 1.54) is 0 Å². The van der Waals surface area contributed by atoms with Crippen LogP contribution in [0.15, 0.2) is 0 Å². The van der Waals surface area contributed by atoms with Crippen molar-refractivity contribution in [3.63, 3.8) is 0 Å². The second-order valence-electron chi connectivity index (χ2n) is 4.73. The number of carbonyl (C=O) groups excluding carboxylic acids is 1. The Hall–Kier alpha value is -1.22. The zero-order valence-electron chi connectivity index (χ0n) is 13.3. The van der Waals surface area contributed by atoms with Crippen LogP contribution in [0.5, 0.6) is 0 Å². The van der Waals surface area contributed by atoms with E-state index in [1.54, 1.807) is 0 Å². The molecule has 0 bridgehead atoms. The van der Waals surface area contributed by atoms with Crippen LogP contribution < -0.4 is 16.4 Å². The molecule has 1 amide bonds. The van der Waals surface area contributed by atoms with Gasteiger partial charge in [-0.1, -0.05) is 20.8 Å². The summed E-state index contributed by atoms with van der Waals surface area (Å²) in [6.07, 6.45) is 0.973. The van der Waals surface area contributed by atoms with Crippen molar-refractivity contribution in [2.45, 2.75) is 27.2 Å². The number of hydrazine groups is 2. The number of hydrogen-bond acceptors (Lipinski definition) is 6. The predicted molar refractivity (Wildman–Crippen MR) is 81.4 cm³/mol. The number of likely N-dealkylation sites (N-methyl/N-ethyl adjacent to an activating group) is 2. The van der Waals surface area contributed by atoms with Crippen molar-refractivity contribution in [3.8, 4) is 0 Å². The Morgan fingerprint density at radius 2 is 1.57 bits per heavy atom. The molecular weight excluding hydrogens is 274 g/mol. The van der Waals surface area contributed by atoms with Gasteiger partial charge in [0.15, 0.2) is 0 Å². The first kappa shape index (κ1) is 19.8. The Labute approximate surface area is 126 Å². The second-order valence-corrected chi connectivity index (χ2v) is 4.73. The van der Waals surface area contributed by atoms with Gasteiger partial charge in [-0.2, -0.15) is 5.53 Å². The summed E-state index contributed by atoms with van der Waals surface area (Å²) in [7, 11) is 0. The van der Waals surface area contributed by atoms with E-state index in [9.17, 15) is 9.59 Å². The van der Waals surface area contributed by atoms with Crippen LogP contribution in [0, 0.1) is 0 Å². The Balaban J connectivity index is 3.97. The molecule has 21 heavy (non-hydrogen) atoms. The average molecular weight is 303 g/mol. The third-order valence-electron chi connectivity index (χ3n) is 3.02. The molecular formula is C13H29N5O3. The Kier molecular flexibility index (Phi) is 11.8.